The fourth-order valence-electron chi connectivity index (χ4n) is 2.05. The summed E-state index contributed by atoms with van der Waals surface area (Å²) in [6.45, 7) is 2.67. The summed E-state index contributed by atoms with van der Waals surface area (Å²) in [7, 11) is -0.955. The van der Waals surface area contributed by atoms with Gasteiger partial charge in [-0.15, -0.1) is 0 Å². The van der Waals surface area contributed by atoms with E-state index in [2.05, 4.69) is 5.32 Å². The number of hydrogen-bond donors (Lipinski definition) is 1. The summed E-state index contributed by atoms with van der Waals surface area (Å²) >= 11 is 0. The van der Waals surface area contributed by atoms with E-state index in [0.29, 0.717) is 19.1 Å². The first-order valence-electron chi connectivity index (χ1n) is 6.95. The molecule has 20 heavy (non-hydrogen) atoms. The Kier molecular flexibility index (Phi) is 7.02. The van der Waals surface area contributed by atoms with E-state index in [1.165, 1.54) is 11.8 Å². The van der Waals surface area contributed by atoms with Crippen LogP contribution in [0, 0.1) is 6.92 Å². The summed E-state index contributed by atoms with van der Waals surface area (Å²) in [5.74, 6) is 1.14. The number of aryl methyl sites for hydroxylation is 1. The van der Waals surface area contributed by atoms with Gasteiger partial charge < -0.3 is 10.1 Å². The van der Waals surface area contributed by atoms with E-state index in [1.807, 2.05) is 38.2 Å². The number of ether oxygens (including phenoxy) is 1. The van der Waals surface area contributed by atoms with Crippen molar-refractivity contribution in [3.63, 3.8) is 0 Å². The van der Waals surface area contributed by atoms with Gasteiger partial charge in [-0.05, 0) is 50.9 Å². The van der Waals surface area contributed by atoms with Crippen molar-refractivity contribution in [3.8, 4) is 5.75 Å². The van der Waals surface area contributed by atoms with Crippen LogP contribution in [0.2, 0.25) is 0 Å². The molecule has 0 bridgehead atoms. The highest BCUT2D eigenvalue weighted by Crippen LogP contribution is 2.13. The second-order valence-corrected chi connectivity index (χ2v) is 7.47. The summed E-state index contributed by atoms with van der Waals surface area (Å²) in [6, 6.07) is 8.27. The molecule has 1 unspecified atom stereocenters. The molecule has 0 aliphatic rings. The molecule has 0 saturated heterocycles. The second-order valence-electron chi connectivity index (χ2n) is 5.21. The van der Waals surface area contributed by atoms with E-state index in [1.54, 1.807) is 0 Å². The van der Waals surface area contributed by atoms with Crippen LogP contribution < -0.4 is 10.1 Å². The lowest BCUT2D eigenvalue weighted by Gasteiger charge is -2.16. The number of benzene rings is 1. The van der Waals surface area contributed by atoms with Crippen LogP contribution in [-0.2, 0) is 9.84 Å². The molecule has 0 aromatic heterocycles. The molecule has 0 spiro atoms. The maximum atomic E-state index is 11.1. The molecule has 1 N–H and O–H groups in total. The van der Waals surface area contributed by atoms with Gasteiger partial charge in [0.1, 0.15) is 15.6 Å². The summed E-state index contributed by atoms with van der Waals surface area (Å²) in [4.78, 5) is 0. The van der Waals surface area contributed by atoms with E-state index < -0.39 is 9.84 Å². The van der Waals surface area contributed by atoms with Crippen molar-refractivity contribution < 1.29 is 13.2 Å². The van der Waals surface area contributed by atoms with Crippen LogP contribution in [0.15, 0.2) is 24.3 Å². The third-order valence-electron chi connectivity index (χ3n) is 3.20. The molecule has 1 atom stereocenters. The lowest BCUT2D eigenvalue weighted by atomic mass is 10.1. The standard InChI is InChI=1S/C15H25NO3S/c1-13-6-4-8-15(12-13)19-10-9-14(16-2)7-5-11-20(3,17)18/h4,6,8,12,14,16H,5,7,9-11H2,1-3H3. The van der Waals surface area contributed by atoms with Gasteiger partial charge in [0.2, 0.25) is 0 Å². The normalized spacial score (nSPS) is 13.2. The molecular weight excluding hydrogens is 274 g/mol. The highest BCUT2D eigenvalue weighted by atomic mass is 32.2. The third kappa shape index (κ3) is 7.50. The fraction of sp³-hybridized carbons (Fsp3) is 0.600. The molecule has 0 radical (unpaired) electrons. The van der Waals surface area contributed by atoms with Crippen molar-refractivity contribution in [2.45, 2.75) is 32.2 Å². The number of nitrogens with one attached hydrogen (secondary N) is 1. The maximum absolute atomic E-state index is 11.1. The van der Waals surface area contributed by atoms with Crippen molar-refractivity contribution in [2.75, 3.05) is 25.7 Å². The molecule has 0 aliphatic carbocycles. The Balaban J connectivity index is 2.27. The molecule has 1 rings (SSSR count). The monoisotopic (exact) mass is 299 g/mol. The Morgan fingerprint density at radius 3 is 2.65 bits per heavy atom. The van der Waals surface area contributed by atoms with Crippen molar-refractivity contribution in [1.82, 2.24) is 5.32 Å². The van der Waals surface area contributed by atoms with E-state index in [0.717, 1.165) is 18.6 Å². The first-order chi connectivity index (χ1) is 9.40. The summed E-state index contributed by atoms with van der Waals surface area (Å²) < 4.78 is 27.9. The quantitative estimate of drug-likeness (QED) is 0.759. The van der Waals surface area contributed by atoms with Gasteiger partial charge in [0.05, 0.1) is 6.61 Å². The Morgan fingerprint density at radius 2 is 2.05 bits per heavy atom. The van der Waals surface area contributed by atoms with Crippen LogP contribution in [0.5, 0.6) is 5.75 Å². The van der Waals surface area contributed by atoms with Gasteiger partial charge in [-0.25, -0.2) is 8.42 Å². The molecule has 5 heteroatoms. The maximum Gasteiger partial charge on any atom is 0.147 e. The predicted molar refractivity (Wildman–Crippen MR) is 83.1 cm³/mol. The smallest absolute Gasteiger partial charge is 0.147 e. The Hall–Kier alpha value is -1.07. The molecule has 0 saturated carbocycles. The topological polar surface area (TPSA) is 55.4 Å². The van der Waals surface area contributed by atoms with Gasteiger partial charge in [-0.3, -0.25) is 0 Å². The minimum Gasteiger partial charge on any atom is -0.494 e. The number of rotatable bonds is 9. The average molecular weight is 299 g/mol. The molecule has 0 fully saturated rings. The fourth-order valence-corrected chi connectivity index (χ4v) is 2.74. The lowest BCUT2D eigenvalue weighted by molar-refractivity contribution is 0.284. The van der Waals surface area contributed by atoms with Crippen LogP contribution in [0.25, 0.3) is 0 Å². The van der Waals surface area contributed by atoms with Crippen LogP contribution in [0.3, 0.4) is 0 Å². The molecule has 114 valence electrons. The summed E-state index contributed by atoms with van der Waals surface area (Å²) in [5, 5.41) is 3.21. The van der Waals surface area contributed by atoms with Gasteiger partial charge in [-0.2, -0.15) is 0 Å². The summed E-state index contributed by atoms with van der Waals surface area (Å²) in [5.41, 5.74) is 1.18. The molecule has 0 heterocycles. The molecule has 0 aliphatic heterocycles. The summed E-state index contributed by atoms with van der Waals surface area (Å²) in [6.07, 6.45) is 3.69. The molecule has 4 nitrogen and oxygen atoms in total. The van der Waals surface area contributed by atoms with E-state index >= 15 is 0 Å². The van der Waals surface area contributed by atoms with Crippen LogP contribution in [0.1, 0.15) is 24.8 Å². The first kappa shape index (κ1) is 17.0. The van der Waals surface area contributed by atoms with Crippen LogP contribution in [-0.4, -0.2) is 40.1 Å². The van der Waals surface area contributed by atoms with Crippen molar-refractivity contribution in [2.24, 2.45) is 0 Å². The van der Waals surface area contributed by atoms with Gasteiger partial charge >= 0.3 is 0 Å². The molecule has 1 aromatic carbocycles. The van der Waals surface area contributed by atoms with Crippen LogP contribution >= 0.6 is 0 Å². The third-order valence-corrected chi connectivity index (χ3v) is 4.23. The number of sulfone groups is 1. The highest BCUT2D eigenvalue weighted by Gasteiger charge is 2.09. The largest absolute Gasteiger partial charge is 0.494 e. The SMILES string of the molecule is CNC(CCCS(C)(=O)=O)CCOc1cccc(C)c1. The molecular formula is C15H25NO3S. The Bertz CT molecular complexity index is 500. The van der Waals surface area contributed by atoms with Gasteiger partial charge in [0.15, 0.2) is 0 Å². The van der Waals surface area contributed by atoms with Gasteiger partial charge in [0, 0.05) is 18.1 Å². The zero-order valence-corrected chi connectivity index (χ0v) is 13.4. The number of hydrogen-bond acceptors (Lipinski definition) is 4. The second kappa shape index (κ2) is 8.27. The van der Waals surface area contributed by atoms with E-state index in [-0.39, 0.29) is 5.75 Å². The Labute approximate surface area is 122 Å². The molecule has 1 aromatic rings. The average Bonchev–Trinajstić information content (AvgIpc) is 2.35. The zero-order chi connectivity index (χ0) is 15.0. The van der Waals surface area contributed by atoms with Crippen molar-refractivity contribution in [1.29, 1.82) is 0 Å². The zero-order valence-electron chi connectivity index (χ0n) is 12.6. The van der Waals surface area contributed by atoms with Crippen molar-refractivity contribution in [3.05, 3.63) is 29.8 Å². The minimum atomic E-state index is -2.86. The highest BCUT2D eigenvalue weighted by molar-refractivity contribution is 7.90. The van der Waals surface area contributed by atoms with E-state index in [4.69, 9.17) is 4.74 Å². The van der Waals surface area contributed by atoms with Gasteiger partial charge in [-0.1, -0.05) is 12.1 Å². The van der Waals surface area contributed by atoms with Gasteiger partial charge in [0.25, 0.3) is 0 Å². The Morgan fingerprint density at radius 1 is 1.30 bits per heavy atom. The lowest BCUT2D eigenvalue weighted by Crippen LogP contribution is -2.27. The first-order valence-corrected chi connectivity index (χ1v) is 9.01. The molecule has 0 amide bonds. The van der Waals surface area contributed by atoms with Crippen molar-refractivity contribution >= 4 is 9.84 Å². The van der Waals surface area contributed by atoms with Crippen LogP contribution in [0.4, 0.5) is 0 Å². The van der Waals surface area contributed by atoms with E-state index in [9.17, 15) is 8.42 Å². The predicted octanol–water partition coefficient (Wildman–Crippen LogP) is 2.18. The minimum absolute atomic E-state index is 0.254.